The van der Waals surface area contributed by atoms with E-state index in [0.29, 0.717) is 19.2 Å². The van der Waals surface area contributed by atoms with Crippen molar-refractivity contribution in [2.24, 2.45) is 0 Å². The van der Waals surface area contributed by atoms with Crippen LogP contribution in [0.1, 0.15) is 30.9 Å². The highest BCUT2D eigenvalue weighted by Crippen LogP contribution is 2.19. The van der Waals surface area contributed by atoms with Crippen LogP contribution < -0.4 is 4.74 Å². The van der Waals surface area contributed by atoms with Crippen LogP contribution in [-0.2, 0) is 4.79 Å². The summed E-state index contributed by atoms with van der Waals surface area (Å²) in [4.78, 5) is 15.5. The van der Waals surface area contributed by atoms with Gasteiger partial charge in [0.05, 0.1) is 0 Å². The minimum Gasteiger partial charge on any atom is -0.491 e. The van der Waals surface area contributed by atoms with Gasteiger partial charge in [0.1, 0.15) is 18.5 Å². The quantitative estimate of drug-likeness (QED) is 0.864. The number of hydrogen-bond acceptors (Lipinski definition) is 4. The number of hydrogen-bond donors (Lipinski definition) is 1. The molecule has 1 amide bonds. The SMILES string of the molecule is CC(=O)N(C)C1CCN(CC(O)COc2ccc(C)cc2C)CC1. The zero-order valence-electron chi connectivity index (χ0n) is 15.3. The molecule has 1 unspecified atom stereocenters. The maximum atomic E-state index is 11.4. The molecule has 1 aliphatic rings. The number of ether oxygens (including phenoxy) is 1. The molecule has 0 radical (unpaired) electrons. The summed E-state index contributed by atoms with van der Waals surface area (Å²) in [6, 6.07) is 6.38. The molecule has 2 rings (SSSR count). The minimum absolute atomic E-state index is 0.121. The standard InChI is InChI=1S/C19H30N2O3/c1-14-5-6-19(15(2)11-14)24-13-18(23)12-21-9-7-17(8-10-21)20(4)16(3)22/h5-6,11,17-18,23H,7-10,12-13H2,1-4H3. The van der Waals surface area contributed by atoms with Crippen LogP contribution >= 0.6 is 0 Å². The molecule has 1 atom stereocenters. The third kappa shape index (κ3) is 5.21. The Bertz CT molecular complexity index is 554. The first-order valence-corrected chi connectivity index (χ1v) is 8.70. The molecule has 24 heavy (non-hydrogen) atoms. The minimum atomic E-state index is -0.507. The van der Waals surface area contributed by atoms with E-state index in [1.165, 1.54) is 5.56 Å². The van der Waals surface area contributed by atoms with Gasteiger partial charge >= 0.3 is 0 Å². The molecule has 0 saturated carbocycles. The van der Waals surface area contributed by atoms with Crippen LogP contribution in [0.15, 0.2) is 18.2 Å². The molecule has 1 aromatic rings. The number of aliphatic hydroxyl groups is 1. The van der Waals surface area contributed by atoms with Crippen molar-refractivity contribution in [2.75, 3.05) is 33.3 Å². The van der Waals surface area contributed by atoms with Crippen LogP contribution in [0, 0.1) is 13.8 Å². The maximum Gasteiger partial charge on any atom is 0.219 e. The van der Waals surface area contributed by atoms with Crippen molar-refractivity contribution in [3.05, 3.63) is 29.3 Å². The van der Waals surface area contributed by atoms with Crippen LogP contribution in [0.25, 0.3) is 0 Å². The summed E-state index contributed by atoms with van der Waals surface area (Å²) in [6.07, 6.45) is 1.41. The number of aliphatic hydroxyl groups excluding tert-OH is 1. The van der Waals surface area contributed by atoms with Gasteiger partial charge < -0.3 is 19.6 Å². The molecular formula is C19H30N2O3. The maximum absolute atomic E-state index is 11.4. The lowest BCUT2D eigenvalue weighted by Gasteiger charge is -2.37. The highest BCUT2D eigenvalue weighted by molar-refractivity contribution is 5.73. The van der Waals surface area contributed by atoms with E-state index in [0.717, 1.165) is 37.2 Å². The van der Waals surface area contributed by atoms with Gasteiger partial charge in [-0.3, -0.25) is 4.79 Å². The number of β-amino-alcohol motifs (C(OH)–C–C–N with tert-alkyl or cyclic N) is 1. The Morgan fingerprint density at radius 2 is 2.04 bits per heavy atom. The highest BCUT2D eigenvalue weighted by atomic mass is 16.5. The fraction of sp³-hybridized carbons (Fsp3) is 0.632. The number of carbonyl (C=O) groups is 1. The predicted octanol–water partition coefficient (Wildman–Crippen LogP) is 1.99. The number of nitrogens with zero attached hydrogens (tertiary/aromatic N) is 2. The zero-order chi connectivity index (χ0) is 17.7. The molecule has 0 aromatic heterocycles. The van der Waals surface area contributed by atoms with Crippen molar-refractivity contribution in [3.8, 4) is 5.75 Å². The van der Waals surface area contributed by atoms with E-state index < -0.39 is 6.10 Å². The fourth-order valence-corrected chi connectivity index (χ4v) is 3.24. The van der Waals surface area contributed by atoms with Crippen LogP contribution in [0.5, 0.6) is 5.75 Å². The topological polar surface area (TPSA) is 53.0 Å². The molecule has 0 aliphatic carbocycles. The number of carbonyl (C=O) groups excluding carboxylic acids is 1. The average Bonchev–Trinajstić information content (AvgIpc) is 2.54. The Morgan fingerprint density at radius 3 is 2.62 bits per heavy atom. The average molecular weight is 334 g/mol. The zero-order valence-corrected chi connectivity index (χ0v) is 15.3. The van der Waals surface area contributed by atoms with Gasteiger partial charge in [-0.2, -0.15) is 0 Å². The van der Waals surface area contributed by atoms with Crippen LogP contribution in [0.3, 0.4) is 0 Å². The molecule has 1 N–H and O–H groups in total. The normalized spacial score (nSPS) is 17.5. The summed E-state index contributed by atoms with van der Waals surface area (Å²) in [5.41, 5.74) is 2.30. The predicted molar refractivity (Wildman–Crippen MR) is 95.3 cm³/mol. The smallest absolute Gasteiger partial charge is 0.219 e. The number of piperidine rings is 1. The number of amides is 1. The monoisotopic (exact) mass is 334 g/mol. The molecule has 1 aromatic carbocycles. The Labute approximate surface area is 145 Å². The van der Waals surface area contributed by atoms with Gasteiger partial charge in [0.25, 0.3) is 0 Å². The lowest BCUT2D eigenvalue weighted by molar-refractivity contribution is -0.130. The van der Waals surface area contributed by atoms with Gasteiger partial charge in [0.2, 0.25) is 5.91 Å². The summed E-state index contributed by atoms with van der Waals surface area (Å²) < 4.78 is 5.76. The summed E-state index contributed by atoms with van der Waals surface area (Å²) in [5.74, 6) is 0.955. The molecule has 1 heterocycles. The molecule has 0 bridgehead atoms. The van der Waals surface area contributed by atoms with Gasteiger partial charge in [-0.15, -0.1) is 0 Å². The second kappa shape index (κ2) is 8.49. The third-order valence-electron chi connectivity index (χ3n) is 4.83. The Morgan fingerprint density at radius 1 is 1.38 bits per heavy atom. The second-order valence-electron chi connectivity index (χ2n) is 6.90. The molecule has 0 spiro atoms. The first kappa shape index (κ1) is 18.7. The molecule has 1 aliphatic heterocycles. The first-order chi connectivity index (χ1) is 11.4. The van der Waals surface area contributed by atoms with Gasteiger partial charge in [0, 0.05) is 39.6 Å². The molecule has 5 nitrogen and oxygen atoms in total. The molecule has 134 valence electrons. The Balaban J connectivity index is 1.73. The molecule has 1 fully saturated rings. The molecule has 1 saturated heterocycles. The summed E-state index contributed by atoms with van der Waals surface area (Å²) in [7, 11) is 1.87. The van der Waals surface area contributed by atoms with E-state index in [1.807, 2.05) is 31.0 Å². The first-order valence-electron chi connectivity index (χ1n) is 8.70. The Kier molecular flexibility index (Phi) is 6.63. The van der Waals surface area contributed by atoms with Gasteiger partial charge in [-0.05, 0) is 38.3 Å². The highest BCUT2D eigenvalue weighted by Gasteiger charge is 2.24. The Hall–Kier alpha value is -1.59. The van der Waals surface area contributed by atoms with Crippen LogP contribution in [-0.4, -0.2) is 66.2 Å². The van der Waals surface area contributed by atoms with E-state index in [1.54, 1.807) is 6.92 Å². The number of likely N-dealkylation sites (tertiary alicyclic amines) is 1. The van der Waals surface area contributed by atoms with Crippen LogP contribution in [0.2, 0.25) is 0 Å². The summed E-state index contributed by atoms with van der Waals surface area (Å²) in [5, 5.41) is 10.2. The summed E-state index contributed by atoms with van der Waals surface area (Å²) in [6.45, 7) is 8.41. The lowest BCUT2D eigenvalue weighted by atomic mass is 10.0. The third-order valence-corrected chi connectivity index (χ3v) is 4.83. The lowest BCUT2D eigenvalue weighted by Crippen LogP contribution is -2.47. The summed E-state index contributed by atoms with van der Waals surface area (Å²) >= 11 is 0. The fourth-order valence-electron chi connectivity index (χ4n) is 3.24. The van der Waals surface area contributed by atoms with E-state index >= 15 is 0 Å². The largest absolute Gasteiger partial charge is 0.491 e. The number of aryl methyl sites for hydroxylation is 2. The molecular weight excluding hydrogens is 304 g/mol. The van der Waals surface area contributed by atoms with Crippen molar-refractivity contribution in [2.45, 2.75) is 45.8 Å². The van der Waals surface area contributed by atoms with Crippen molar-refractivity contribution in [3.63, 3.8) is 0 Å². The van der Waals surface area contributed by atoms with Crippen LogP contribution in [0.4, 0.5) is 0 Å². The van der Waals surface area contributed by atoms with Gasteiger partial charge in [0.15, 0.2) is 0 Å². The van der Waals surface area contributed by atoms with E-state index in [9.17, 15) is 9.90 Å². The second-order valence-corrected chi connectivity index (χ2v) is 6.90. The van der Waals surface area contributed by atoms with Crippen molar-refractivity contribution in [1.82, 2.24) is 9.80 Å². The van der Waals surface area contributed by atoms with E-state index in [2.05, 4.69) is 17.9 Å². The molecule has 5 heteroatoms. The van der Waals surface area contributed by atoms with Crippen molar-refractivity contribution < 1.29 is 14.6 Å². The number of benzene rings is 1. The number of rotatable bonds is 6. The van der Waals surface area contributed by atoms with Crippen molar-refractivity contribution >= 4 is 5.91 Å². The van der Waals surface area contributed by atoms with E-state index in [4.69, 9.17) is 4.74 Å². The van der Waals surface area contributed by atoms with Gasteiger partial charge in [-0.25, -0.2) is 0 Å². The van der Waals surface area contributed by atoms with E-state index in [-0.39, 0.29) is 5.91 Å². The van der Waals surface area contributed by atoms with Crippen molar-refractivity contribution in [1.29, 1.82) is 0 Å². The van der Waals surface area contributed by atoms with Gasteiger partial charge in [-0.1, -0.05) is 17.7 Å².